The summed E-state index contributed by atoms with van der Waals surface area (Å²) in [5.41, 5.74) is 1.81. The molecule has 0 bridgehead atoms. The minimum atomic E-state index is -0.428. The van der Waals surface area contributed by atoms with E-state index < -0.39 is 4.92 Å². The zero-order valence-corrected chi connectivity index (χ0v) is 11.5. The molecular weight excluding hydrogens is 272 g/mol. The van der Waals surface area contributed by atoms with Crippen molar-refractivity contribution < 1.29 is 14.5 Å². The molecule has 6 heteroatoms. The van der Waals surface area contributed by atoms with Gasteiger partial charge in [0.2, 0.25) is 0 Å². The molecule has 6 nitrogen and oxygen atoms in total. The van der Waals surface area contributed by atoms with E-state index in [9.17, 15) is 14.9 Å². The zero-order valence-electron chi connectivity index (χ0n) is 11.5. The number of aromatic nitrogens is 1. The summed E-state index contributed by atoms with van der Waals surface area (Å²) in [6.45, 7) is 0.701. The van der Waals surface area contributed by atoms with Crippen LogP contribution in [-0.2, 0) is 6.54 Å². The molecule has 1 aliphatic rings. The van der Waals surface area contributed by atoms with Crippen LogP contribution in [0.25, 0.3) is 11.3 Å². The van der Waals surface area contributed by atoms with E-state index in [-0.39, 0.29) is 11.5 Å². The number of nitrogens with zero attached hydrogens (tertiary/aromatic N) is 2. The molecule has 0 aliphatic carbocycles. The Kier molecular flexibility index (Phi) is 3.21. The molecule has 0 amide bonds. The first-order valence-electron chi connectivity index (χ1n) is 6.67. The first-order valence-corrected chi connectivity index (χ1v) is 6.67. The van der Waals surface area contributed by atoms with Crippen LogP contribution in [0.2, 0.25) is 0 Å². The third-order valence-electron chi connectivity index (χ3n) is 3.73. The molecule has 0 saturated heterocycles. The van der Waals surface area contributed by atoms with Crippen molar-refractivity contribution >= 4 is 11.5 Å². The summed E-state index contributed by atoms with van der Waals surface area (Å²) in [5.74, 6) is 0.524. The lowest BCUT2D eigenvalue weighted by atomic mass is 10.1. The first-order chi connectivity index (χ1) is 10.1. The number of rotatable bonds is 3. The normalized spacial score (nSPS) is 13.9. The summed E-state index contributed by atoms with van der Waals surface area (Å²) in [7, 11) is 1.47. The van der Waals surface area contributed by atoms with Gasteiger partial charge < -0.3 is 9.30 Å². The van der Waals surface area contributed by atoms with E-state index in [4.69, 9.17) is 4.74 Å². The van der Waals surface area contributed by atoms with Crippen molar-refractivity contribution in [3.63, 3.8) is 0 Å². The number of carbonyl (C=O) groups is 1. The van der Waals surface area contributed by atoms with E-state index in [2.05, 4.69) is 0 Å². The molecule has 0 fully saturated rings. The van der Waals surface area contributed by atoms with Crippen LogP contribution in [0.3, 0.4) is 0 Å². The molecule has 0 atom stereocenters. The van der Waals surface area contributed by atoms with Gasteiger partial charge in [0.05, 0.1) is 35.1 Å². The predicted molar refractivity (Wildman–Crippen MR) is 76.6 cm³/mol. The fourth-order valence-corrected chi connectivity index (χ4v) is 2.72. The van der Waals surface area contributed by atoms with Gasteiger partial charge in [-0.3, -0.25) is 14.9 Å². The van der Waals surface area contributed by atoms with Crippen molar-refractivity contribution in [2.75, 3.05) is 7.11 Å². The maximum atomic E-state index is 11.9. The largest absolute Gasteiger partial charge is 0.497 e. The highest BCUT2D eigenvalue weighted by molar-refractivity contribution is 5.96. The van der Waals surface area contributed by atoms with Crippen LogP contribution in [0.1, 0.15) is 23.3 Å². The predicted octanol–water partition coefficient (Wildman–Crippen LogP) is 3.05. The summed E-state index contributed by atoms with van der Waals surface area (Å²) in [6.07, 6.45) is 1.30. The standard InChI is InChI=1S/C15H14N2O4/c1-21-10-4-5-11(14(9-10)17(19)20)12-6-7-13-15(18)3-2-8-16(12)13/h4-7,9H,2-3,8H2,1H3. The van der Waals surface area contributed by atoms with E-state index in [0.29, 0.717) is 35.7 Å². The molecule has 3 rings (SSSR count). The third-order valence-corrected chi connectivity index (χ3v) is 3.73. The lowest BCUT2D eigenvalue weighted by Crippen LogP contribution is -2.16. The molecule has 1 aromatic heterocycles. The Bertz CT molecular complexity index is 733. The van der Waals surface area contributed by atoms with Gasteiger partial charge in [-0.1, -0.05) is 0 Å². The van der Waals surface area contributed by atoms with Gasteiger partial charge in [-0.2, -0.15) is 0 Å². The second-order valence-corrected chi connectivity index (χ2v) is 4.92. The van der Waals surface area contributed by atoms with Crippen LogP contribution < -0.4 is 4.74 Å². The molecule has 0 saturated carbocycles. The van der Waals surface area contributed by atoms with Gasteiger partial charge in [-0.25, -0.2) is 0 Å². The maximum Gasteiger partial charge on any atom is 0.282 e. The topological polar surface area (TPSA) is 74.4 Å². The number of hydrogen-bond acceptors (Lipinski definition) is 4. The average molecular weight is 286 g/mol. The van der Waals surface area contributed by atoms with Gasteiger partial charge in [0.1, 0.15) is 5.75 Å². The molecule has 2 aromatic rings. The Balaban J connectivity index is 2.17. The number of benzene rings is 1. The molecule has 108 valence electrons. The maximum absolute atomic E-state index is 11.9. The minimum Gasteiger partial charge on any atom is -0.497 e. The Morgan fingerprint density at radius 2 is 2.00 bits per heavy atom. The van der Waals surface area contributed by atoms with Crippen molar-refractivity contribution in [3.8, 4) is 17.0 Å². The summed E-state index contributed by atoms with van der Waals surface area (Å²) in [6, 6.07) is 8.27. The van der Waals surface area contributed by atoms with Gasteiger partial charge in [0.15, 0.2) is 5.78 Å². The Hall–Kier alpha value is -2.63. The molecule has 1 aromatic carbocycles. The molecular formula is C15H14N2O4. The number of ketones is 1. The summed E-state index contributed by atoms with van der Waals surface area (Å²) in [5, 5.41) is 11.3. The Morgan fingerprint density at radius 1 is 1.24 bits per heavy atom. The zero-order chi connectivity index (χ0) is 15.0. The molecule has 21 heavy (non-hydrogen) atoms. The third kappa shape index (κ3) is 2.18. The first kappa shape index (κ1) is 13.4. The molecule has 1 aliphatic heterocycles. The van der Waals surface area contributed by atoms with Crippen LogP contribution in [-0.4, -0.2) is 22.4 Å². The molecule has 0 N–H and O–H groups in total. The van der Waals surface area contributed by atoms with E-state index in [1.54, 1.807) is 24.3 Å². The van der Waals surface area contributed by atoms with Gasteiger partial charge >= 0.3 is 0 Å². The lowest BCUT2D eigenvalue weighted by molar-refractivity contribution is -0.384. The summed E-state index contributed by atoms with van der Waals surface area (Å²) in [4.78, 5) is 22.7. The average Bonchev–Trinajstić information content (AvgIpc) is 2.92. The second-order valence-electron chi connectivity index (χ2n) is 4.92. The smallest absolute Gasteiger partial charge is 0.282 e. The van der Waals surface area contributed by atoms with E-state index in [1.165, 1.54) is 13.2 Å². The number of nitro groups is 1. The van der Waals surface area contributed by atoms with Crippen molar-refractivity contribution in [1.82, 2.24) is 4.57 Å². The summed E-state index contributed by atoms with van der Waals surface area (Å²) < 4.78 is 6.90. The van der Waals surface area contributed by atoms with E-state index in [0.717, 1.165) is 6.42 Å². The molecule has 0 spiro atoms. The fraction of sp³-hybridized carbons (Fsp3) is 0.267. The Labute approximate surface area is 121 Å². The number of carbonyl (C=O) groups excluding carboxylic acids is 1. The number of fused-ring (bicyclic) bond motifs is 1. The number of methoxy groups -OCH3 is 1. The molecule has 0 unspecified atom stereocenters. The highest BCUT2D eigenvalue weighted by atomic mass is 16.6. The van der Waals surface area contributed by atoms with E-state index in [1.807, 2.05) is 4.57 Å². The van der Waals surface area contributed by atoms with Gasteiger partial charge in [0, 0.05) is 13.0 Å². The number of ether oxygens (including phenoxy) is 1. The number of hydrogen-bond donors (Lipinski definition) is 0. The second kappa shape index (κ2) is 5.05. The highest BCUT2D eigenvalue weighted by Gasteiger charge is 2.24. The molecule has 0 radical (unpaired) electrons. The minimum absolute atomic E-state index is 0.0201. The number of nitro benzene ring substituents is 1. The van der Waals surface area contributed by atoms with Crippen molar-refractivity contribution in [2.45, 2.75) is 19.4 Å². The van der Waals surface area contributed by atoms with Gasteiger partial charge in [0.25, 0.3) is 5.69 Å². The highest BCUT2D eigenvalue weighted by Crippen LogP contribution is 2.35. The van der Waals surface area contributed by atoms with Crippen LogP contribution in [0.4, 0.5) is 5.69 Å². The quantitative estimate of drug-likeness (QED) is 0.642. The Morgan fingerprint density at radius 3 is 2.71 bits per heavy atom. The van der Waals surface area contributed by atoms with Crippen LogP contribution in [0, 0.1) is 10.1 Å². The van der Waals surface area contributed by atoms with Crippen LogP contribution in [0.5, 0.6) is 5.75 Å². The summed E-state index contributed by atoms with van der Waals surface area (Å²) >= 11 is 0. The monoisotopic (exact) mass is 286 g/mol. The fourth-order valence-electron chi connectivity index (χ4n) is 2.72. The lowest BCUT2D eigenvalue weighted by Gasteiger charge is -2.17. The van der Waals surface area contributed by atoms with Crippen molar-refractivity contribution in [1.29, 1.82) is 0 Å². The SMILES string of the molecule is COc1ccc(-c2ccc3n2CCCC3=O)c([N+](=O)[O-])c1. The van der Waals surface area contributed by atoms with Gasteiger partial charge in [-0.05, 0) is 30.7 Å². The van der Waals surface area contributed by atoms with Crippen molar-refractivity contribution in [2.24, 2.45) is 0 Å². The van der Waals surface area contributed by atoms with Gasteiger partial charge in [-0.15, -0.1) is 0 Å². The van der Waals surface area contributed by atoms with Crippen LogP contribution in [0.15, 0.2) is 30.3 Å². The molecule has 2 heterocycles. The van der Waals surface area contributed by atoms with Crippen molar-refractivity contribution in [3.05, 3.63) is 46.1 Å². The van der Waals surface area contributed by atoms with E-state index >= 15 is 0 Å². The number of Topliss-reactive ketones (excluding diaryl/α,β-unsaturated/α-hetero) is 1. The van der Waals surface area contributed by atoms with Crippen LogP contribution >= 0.6 is 0 Å².